The van der Waals surface area contributed by atoms with Gasteiger partial charge >= 0.3 is 0 Å². The van der Waals surface area contributed by atoms with Gasteiger partial charge in [0.15, 0.2) is 0 Å². The Morgan fingerprint density at radius 3 is 2.38 bits per heavy atom. The van der Waals surface area contributed by atoms with Crippen molar-refractivity contribution in [2.45, 2.75) is 44.9 Å². The normalized spacial score (nSPS) is 11.2. The second-order valence-corrected chi connectivity index (χ2v) is 9.80. The van der Waals surface area contributed by atoms with Gasteiger partial charge in [0.25, 0.3) is 5.91 Å². The quantitative estimate of drug-likeness (QED) is 0.328. The number of nitrogens with one attached hydrogen (secondary N) is 1. The van der Waals surface area contributed by atoms with Crippen LogP contribution < -0.4 is 9.62 Å². The van der Waals surface area contributed by atoms with Crippen LogP contribution >= 0.6 is 23.5 Å². The Hall–Kier alpha value is -2.83. The van der Waals surface area contributed by atoms with Gasteiger partial charge in [-0.2, -0.15) is 0 Å². The van der Waals surface area contributed by atoms with Crippen molar-refractivity contribution < 1.29 is 9.59 Å². The number of hydrogen-bond acceptors (Lipinski definition) is 5. The van der Waals surface area contributed by atoms with Gasteiger partial charge in [0, 0.05) is 16.8 Å². The first kappa shape index (κ1) is 23.8. The number of carbonyl (C=O) groups excluding carboxylic acids is 2. The van der Waals surface area contributed by atoms with Crippen molar-refractivity contribution in [1.82, 2.24) is 4.98 Å². The van der Waals surface area contributed by atoms with Crippen molar-refractivity contribution in [2.24, 2.45) is 0 Å². The molecule has 1 heterocycles. The van der Waals surface area contributed by atoms with E-state index in [1.54, 1.807) is 18.3 Å². The highest BCUT2D eigenvalue weighted by Gasteiger charge is 2.24. The van der Waals surface area contributed by atoms with Crippen molar-refractivity contribution in [1.29, 1.82) is 0 Å². The Morgan fingerprint density at radius 1 is 1.09 bits per heavy atom. The van der Waals surface area contributed by atoms with Crippen molar-refractivity contribution in [3.05, 3.63) is 82.1 Å². The molecule has 0 saturated carbocycles. The van der Waals surface area contributed by atoms with E-state index in [2.05, 4.69) is 54.7 Å². The highest BCUT2D eigenvalue weighted by Crippen LogP contribution is 2.32. The molecule has 1 N–H and O–H groups in total. The van der Waals surface area contributed by atoms with Crippen molar-refractivity contribution in [2.75, 3.05) is 9.62 Å². The molecule has 0 bridgehead atoms. The molecule has 166 valence electrons. The van der Waals surface area contributed by atoms with Crippen LogP contribution in [0.5, 0.6) is 0 Å². The van der Waals surface area contributed by atoms with Crippen LogP contribution in [-0.2, 0) is 10.2 Å². The zero-order chi connectivity index (χ0) is 23.5. The molecule has 0 aliphatic rings. The fourth-order valence-electron chi connectivity index (χ4n) is 3.23. The fraction of sp³-hybridized carbons (Fsp3) is 0.240. The van der Waals surface area contributed by atoms with Crippen molar-refractivity contribution in [3.63, 3.8) is 0 Å². The third-order valence-electron chi connectivity index (χ3n) is 5.22. The molecule has 0 aliphatic carbocycles. The van der Waals surface area contributed by atoms with Crippen LogP contribution in [0.4, 0.5) is 11.4 Å². The summed E-state index contributed by atoms with van der Waals surface area (Å²) in [6, 6.07) is 13.6. The number of carbonyl (C=O) groups is 2. The maximum Gasteiger partial charge on any atom is 0.266 e. The second kappa shape index (κ2) is 9.76. The lowest BCUT2D eigenvalue weighted by Gasteiger charge is -2.21. The van der Waals surface area contributed by atoms with Gasteiger partial charge in [-0.3, -0.25) is 14.6 Å². The molecule has 2 aromatic carbocycles. The summed E-state index contributed by atoms with van der Waals surface area (Å²) in [5.41, 5.74) is 4.22. The molecular weight excluding hydrogens is 442 g/mol. The molecule has 0 saturated heterocycles. The van der Waals surface area contributed by atoms with Gasteiger partial charge in [-0.05, 0) is 78.2 Å². The second-order valence-electron chi connectivity index (χ2n) is 8.52. The number of nitrogens with zero attached hydrogens (tertiary/aromatic N) is 2. The van der Waals surface area contributed by atoms with Gasteiger partial charge in [-0.25, -0.2) is 4.90 Å². The smallest absolute Gasteiger partial charge is 0.266 e. The molecule has 0 spiro atoms. The summed E-state index contributed by atoms with van der Waals surface area (Å²) in [5, 5.41) is 0.283. The Balaban J connectivity index is 1.86. The first-order chi connectivity index (χ1) is 15.1. The van der Waals surface area contributed by atoms with Crippen LogP contribution in [0.2, 0.25) is 5.02 Å². The highest BCUT2D eigenvalue weighted by molar-refractivity contribution is 8.00. The number of rotatable bonds is 6. The number of imide groups is 1. The number of hydrogen-bond donors (Lipinski definition) is 1. The molecule has 5 nitrogen and oxygen atoms in total. The highest BCUT2D eigenvalue weighted by atomic mass is 35.5. The minimum Gasteiger partial charge on any atom is -0.325 e. The topological polar surface area (TPSA) is 62.3 Å². The minimum absolute atomic E-state index is 0.0930. The largest absolute Gasteiger partial charge is 0.325 e. The van der Waals surface area contributed by atoms with Gasteiger partial charge in [0.05, 0.1) is 22.5 Å². The maximum absolute atomic E-state index is 13.3. The van der Waals surface area contributed by atoms with E-state index >= 15 is 0 Å². The zero-order valence-corrected chi connectivity index (χ0v) is 20.3. The summed E-state index contributed by atoms with van der Waals surface area (Å²) in [7, 11) is 0. The number of anilines is 2. The first-order valence-corrected chi connectivity index (χ1v) is 11.3. The van der Waals surface area contributed by atoms with Crippen LogP contribution in [0.25, 0.3) is 0 Å². The Bertz CT molecular complexity index is 1140. The third-order valence-corrected chi connectivity index (χ3v) is 6.37. The molecular formula is C25H26ClN3O2S. The van der Waals surface area contributed by atoms with Crippen LogP contribution in [0.3, 0.4) is 0 Å². The molecule has 3 aromatic rings. The lowest BCUT2D eigenvalue weighted by Crippen LogP contribution is -2.31. The predicted molar refractivity (Wildman–Crippen MR) is 133 cm³/mol. The van der Waals surface area contributed by atoms with Gasteiger partial charge in [-0.1, -0.05) is 44.5 Å². The molecule has 3 rings (SSSR count). The summed E-state index contributed by atoms with van der Waals surface area (Å²) >= 11 is 7.84. The standard InChI is InChI=1S/C25H26ClN3O2S/c1-16-12-13-27-14-22(16)29(15-30)24(31)23-17(2)21(11-10-20(23)26)28-32-19-8-6-18(7-9-19)25(3,4)5/h6-15,28H,1-5H3. The molecule has 0 atom stereocenters. The summed E-state index contributed by atoms with van der Waals surface area (Å²) in [5.74, 6) is -0.498. The lowest BCUT2D eigenvalue weighted by molar-refractivity contribution is -0.106. The number of amides is 2. The van der Waals surface area contributed by atoms with E-state index in [1.807, 2.05) is 19.9 Å². The van der Waals surface area contributed by atoms with Gasteiger partial charge in [-0.15, -0.1) is 0 Å². The molecule has 1 aromatic heterocycles. The lowest BCUT2D eigenvalue weighted by atomic mass is 9.87. The SMILES string of the molecule is Cc1ccncc1N(C=O)C(=O)c1c(Cl)ccc(NSc2ccc(C(C)(C)C)cc2)c1C. The molecule has 2 amide bonds. The van der Waals surface area contributed by atoms with E-state index in [1.165, 1.54) is 23.7 Å². The van der Waals surface area contributed by atoms with E-state index in [0.29, 0.717) is 17.7 Å². The third kappa shape index (κ3) is 5.14. The number of benzene rings is 2. The van der Waals surface area contributed by atoms with Crippen LogP contribution in [-0.4, -0.2) is 17.3 Å². The Morgan fingerprint density at radius 2 is 1.78 bits per heavy atom. The fourth-order valence-corrected chi connectivity index (χ4v) is 4.24. The molecule has 0 fully saturated rings. The summed E-state index contributed by atoms with van der Waals surface area (Å²) in [6.07, 6.45) is 3.60. The monoisotopic (exact) mass is 467 g/mol. The van der Waals surface area contributed by atoms with Gasteiger partial charge in [0.2, 0.25) is 6.41 Å². The van der Waals surface area contributed by atoms with Gasteiger partial charge in [0.1, 0.15) is 0 Å². The Kier molecular flexibility index (Phi) is 7.26. The first-order valence-electron chi connectivity index (χ1n) is 10.2. The number of halogens is 1. The van der Waals surface area contributed by atoms with Crippen molar-refractivity contribution in [3.8, 4) is 0 Å². The number of pyridine rings is 1. The average molecular weight is 468 g/mol. The van der Waals surface area contributed by atoms with E-state index in [0.717, 1.165) is 21.0 Å². The maximum atomic E-state index is 13.3. The molecule has 7 heteroatoms. The summed E-state index contributed by atoms with van der Waals surface area (Å²) in [6.45, 7) is 10.2. The van der Waals surface area contributed by atoms with Gasteiger partial charge < -0.3 is 4.72 Å². The van der Waals surface area contributed by atoms with Crippen molar-refractivity contribution >= 4 is 47.2 Å². The number of aromatic nitrogens is 1. The Labute approximate surface area is 198 Å². The molecule has 0 unspecified atom stereocenters. The van der Waals surface area contributed by atoms with Crippen LogP contribution in [0.1, 0.15) is 47.8 Å². The average Bonchev–Trinajstić information content (AvgIpc) is 2.75. The summed E-state index contributed by atoms with van der Waals surface area (Å²) in [4.78, 5) is 31.2. The van der Waals surface area contributed by atoms with E-state index in [4.69, 9.17) is 11.6 Å². The van der Waals surface area contributed by atoms with Crippen LogP contribution in [0.15, 0.2) is 59.8 Å². The number of aryl methyl sites for hydroxylation is 1. The van der Waals surface area contributed by atoms with E-state index in [-0.39, 0.29) is 16.0 Å². The predicted octanol–water partition coefficient (Wildman–Crippen LogP) is 6.57. The molecule has 0 aliphatic heterocycles. The van der Waals surface area contributed by atoms with Crippen LogP contribution in [0, 0.1) is 13.8 Å². The zero-order valence-electron chi connectivity index (χ0n) is 18.8. The van der Waals surface area contributed by atoms with E-state index < -0.39 is 5.91 Å². The van der Waals surface area contributed by atoms with E-state index in [9.17, 15) is 9.59 Å². The summed E-state index contributed by atoms with van der Waals surface area (Å²) < 4.78 is 3.30. The minimum atomic E-state index is -0.498. The molecule has 0 radical (unpaired) electrons. The molecule has 32 heavy (non-hydrogen) atoms.